The summed E-state index contributed by atoms with van der Waals surface area (Å²) in [6.45, 7) is 8.16. The smallest absolute Gasteiger partial charge is 0.0558 e. The summed E-state index contributed by atoms with van der Waals surface area (Å²) >= 11 is 0. The van der Waals surface area contributed by atoms with Gasteiger partial charge in [-0.15, -0.1) is 0 Å². The second-order valence-corrected chi connectivity index (χ2v) is 4.92. The number of hydrogen-bond acceptors (Lipinski definition) is 4. The van der Waals surface area contributed by atoms with E-state index in [4.69, 9.17) is 5.11 Å². The molecule has 0 aliphatic carbocycles. The lowest BCUT2D eigenvalue weighted by atomic mass is 10.3. The fourth-order valence-electron chi connectivity index (χ4n) is 2.22. The summed E-state index contributed by atoms with van der Waals surface area (Å²) in [7, 11) is 4.26. The summed E-state index contributed by atoms with van der Waals surface area (Å²) in [6.07, 6.45) is 2.50. The van der Waals surface area contributed by atoms with Crippen LogP contribution in [0.1, 0.15) is 12.8 Å². The SMILES string of the molecule is CN(C)CCCN1CCCN(CCO)CC1. The Balaban J connectivity index is 2.14. The van der Waals surface area contributed by atoms with E-state index < -0.39 is 0 Å². The molecule has 1 aliphatic rings. The van der Waals surface area contributed by atoms with Gasteiger partial charge < -0.3 is 14.9 Å². The molecule has 0 radical (unpaired) electrons. The molecule has 1 N–H and O–H groups in total. The molecule has 0 amide bonds. The van der Waals surface area contributed by atoms with E-state index in [1.54, 1.807) is 0 Å². The zero-order valence-electron chi connectivity index (χ0n) is 10.9. The van der Waals surface area contributed by atoms with E-state index in [1.807, 2.05) is 0 Å². The van der Waals surface area contributed by atoms with Crippen molar-refractivity contribution in [2.45, 2.75) is 12.8 Å². The van der Waals surface area contributed by atoms with Gasteiger partial charge in [-0.25, -0.2) is 0 Å². The summed E-state index contributed by atoms with van der Waals surface area (Å²) in [5.74, 6) is 0. The Hall–Kier alpha value is -0.160. The molecule has 0 atom stereocenters. The third kappa shape index (κ3) is 5.80. The highest BCUT2D eigenvalue weighted by Gasteiger charge is 2.13. The molecule has 0 saturated carbocycles. The highest BCUT2D eigenvalue weighted by molar-refractivity contribution is 4.69. The van der Waals surface area contributed by atoms with Crippen molar-refractivity contribution in [3.05, 3.63) is 0 Å². The highest BCUT2D eigenvalue weighted by Crippen LogP contribution is 2.03. The minimum absolute atomic E-state index is 0.292. The molecule has 1 saturated heterocycles. The van der Waals surface area contributed by atoms with Gasteiger partial charge in [-0.05, 0) is 53.1 Å². The molecule has 4 heteroatoms. The lowest BCUT2D eigenvalue weighted by Crippen LogP contribution is -2.33. The molecule has 0 aromatic carbocycles. The van der Waals surface area contributed by atoms with Crippen LogP contribution in [-0.4, -0.2) is 86.3 Å². The van der Waals surface area contributed by atoms with Crippen LogP contribution in [0.25, 0.3) is 0 Å². The van der Waals surface area contributed by atoms with Gasteiger partial charge in [0.2, 0.25) is 0 Å². The van der Waals surface area contributed by atoms with Gasteiger partial charge >= 0.3 is 0 Å². The van der Waals surface area contributed by atoms with E-state index in [1.165, 1.54) is 32.5 Å². The number of hydrogen-bond donors (Lipinski definition) is 1. The summed E-state index contributed by atoms with van der Waals surface area (Å²) in [5, 5.41) is 8.92. The Morgan fingerprint density at radius 1 is 1.00 bits per heavy atom. The Kier molecular flexibility index (Phi) is 6.96. The fourth-order valence-corrected chi connectivity index (χ4v) is 2.22. The highest BCUT2D eigenvalue weighted by atomic mass is 16.3. The maximum absolute atomic E-state index is 8.92. The average Bonchev–Trinajstić information content (AvgIpc) is 2.44. The first kappa shape index (κ1) is 13.9. The van der Waals surface area contributed by atoms with Crippen molar-refractivity contribution in [3.63, 3.8) is 0 Å². The Morgan fingerprint density at radius 2 is 1.62 bits per heavy atom. The van der Waals surface area contributed by atoms with Crippen LogP contribution in [0.15, 0.2) is 0 Å². The number of nitrogens with zero attached hydrogens (tertiary/aromatic N) is 3. The first-order chi connectivity index (χ1) is 7.72. The maximum Gasteiger partial charge on any atom is 0.0558 e. The molecule has 0 spiro atoms. The predicted molar refractivity (Wildman–Crippen MR) is 67.8 cm³/mol. The lowest BCUT2D eigenvalue weighted by molar-refractivity contribution is 0.195. The quantitative estimate of drug-likeness (QED) is 0.691. The molecule has 1 aliphatic heterocycles. The van der Waals surface area contributed by atoms with Crippen LogP contribution < -0.4 is 0 Å². The third-order valence-electron chi connectivity index (χ3n) is 3.18. The van der Waals surface area contributed by atoms with E-state index in [9.17, 15) is 0 Å². The van der Waals surface area contributed by atoms with Gasteiger partial charge in [0, 0.05) is 19.6 Å². The van der Waals surface area contributed by atoms with Gasteiger partial charge in [0.25, 0.3) is 0 Å². The fraction of sp³-hybridized carbons (Fsp3) is 1.00. The number of aliphatic hydroxyl groups is 1. The zero-order valence-corrected chi connectivity index (χ0v) is 10.9. The van der Waals surface area contributed by atoms with E-state index >= 15 is 0 Å². The second-order valence-electron chi connectivity index (χ2n) is 4.92. The Bertz CT molecular complexity index is 176. The molecular weight excluding hydrogens is 202 g/mol. The van der Waals surface area contributed by atoms with Crippen molar-refractivity contribution in [2.75, 3.05) is 66.5 Å². The number of β-amino-alcohol motifs (C(OH)–C–C–N with tert-alkyl or cyclic N) is 1. The molecule has 0 aromatic heterocycles. The van der Waals surface area contributed by atoms with Gasteiger partial charge in [0.1, 0.15) is 0 Å². The number of rotatable bonds is 6. The molecule has 1 fully saturated rings. The summed E-state index contributed by atoms with van der Waals surface area (Å²) in [4.78, 5) is 7.17. The van der Waals surface area contributed by atoms with Gasteiger partial charge in [0.15, 0.2) is 0 Å². The normalized spacial score (nSPS) is 20.2. The molecular formula is C12H27N3O. The minimum atomic E-state index is 0.292. The molecule has 1 rings (SSSR count). The number of aliphatic hydroxyl groups excluding tert-OH is 1. The molecule has 96 valence electrons. The van der Waals surface area contributed by atoms with Crippen molar-refractivity contribution in [2.24, 2.45) is 0 Å². The maximum atomic E-state index is 8.92. The summed E-state index contributed by atoms with van der Waals surface area (Å²) < 4.78 is 0. The van der Waals surface area contributed by atoms with E-state index in [2.05, 4.69) is 28.8 Å². The van der Waals surface area contributed by atoms with Crippen molar-refractivity contribution >= 4 is 0 Å². The van der Waals surface area contributed by atoms with Crippen LogP contribution >= 0.6 is 0 Å². The van der Waals surface area contributed by atoms with Gasteiger partial charge in [-0.3, -0.25) is 4.90 Å². The standard InChI is InChI=1S/C12H27N3O/c1-13(2)5-3-6-14-7-4-8-15(10-9-14)11-12-16/h16H,3-12H2,1-2H3. The molecule has 0 unspecified atom stereocenters. The Labute approximate surface area is 99.8 Å². The summed E-state index contributed by atoms with van der Waals surface area (Å²) in [6, 6.07) is 0. The molecule has 1 heterocycles. The van der Waals surface area contributed by atoms with Crippen LogP contribution in [0.3, 0.4) is 0 Å². The monoisotopic (exact) mass is 229 g/mol. The van der Waals surface area contributed by atoms with E-state index in [0.29, 0.717) is 6.61 Å². The lowest BCUT2D eigenvalue weighted by Gasteiger charge is -2.21. The van der Waals surface area contributed by atoms with Gasteiger partial charge in [-0.1, -0.05) is 0 Å². The molecule has 0 aromatic rings. The third-order valence-corrected chi connectivity index (χ3v) is 3.18. The second kappa shape index (κ2) is 8.01. The van der Waals surface area contributed by atoms with Crippen LogP contribution in [0.2, 0.25) is 0 Å². The molecule has 16 heavy (non-hydrogen) atoms. The van der Waals surface area contributed by atoms with Crippen LogP contribution in [0, 0.1) is 0 Å². The summed E-state index contributed by atoms with van der Waals surface area (Å²) in [5.41, 5.74) is 0. The van der Waals surface area contributed by atoms with E-state index in [-0.39, 0.29) is 0 Å². The van der Waals surface area contributed by atoms with Gasteiger partial charge in [0.05, 0.1) is 6.61 Å². The van der Waals surface area contributed by atoms with E-state index in [0.717, 1.165) is 26.2 Å². The first-order valence-electron chi connectivity index (χ1n) is 6.42. The van der Waals surface area contributed by atoms with Crippen molar-refractivity contribution in [3.8, 4) is 0 Å². The zero-order chi connectivity index (χ0) is 11.8. The molecule has 0 bridgehead atoms. The van der Waals surface area contributed by atoms with Gasteiger partial charge in [-0.2, -0.15) is 0 Å². The molecule has 4 nitrogen and oxygen atoms in total. The van der Waals surface area contributed by atoms with Crippen molar-refractivity contribution in [1.29, 1.82) is 0 Å². The largest absolute Gasteiger partial charge is 0.395 e. The predicted octanol–water partition coefficient (Wildman–Crippen LogP) is -0.0619. The van der Waals surface area contributed by atoms with Crippen molar-refractivity contribution < 1.29 is 5.11 Å². The van der Waals surface area contributed by atoms with Crippen molar-refractivity contribution in [1.82, 2.24) is 14.7 Å². The van der Waals surface area contributed by atoms with Crippen LogP contribution in [0.4, 0.5) is 0 Å². The minimum Gasteiger partial charge on any atom is -0.395 e. The topological polar surface area (TPSA) is 30.0 Å². The first-order valence-corrected chi connectivity index (χ1v) is 6.42. The average molecular weight is 229 g/mol. The Morgan fingerprint density at radius 3 is 2.19 bits per heavy atom. The van der Waals surface area contributed by atoms with Crippen LogP contribution in [0.5, 0.6) is 0 Å². The van der Waals surface area contributed by atoms with Crippen LogP contribution in [-0.2, 0) is 0 Å².